The van der Waals surface area contributed by atoms with Gasteiger partial charge in [0.1, 0.15) is 6.04 Å². The van der Waals surface area contributed by atoms with E-state index in [2.05, 4.69) is 15.6 Å². The Balaban J connectivity index is 2.56. The lowest BCUT2D eigenvalue weighted by atomic mass is 10.0. The zero-order valence-electron chi connectivity index (χ0n) is 13.1. The number of hydrogen-bond donors (Lipinski definition) is 2. The second-order valence-electron chi connectivity index (χ2n) is 5.58. The minimum atomic E-state index is -0.472. The molecular formula is C16H25N3O2. The molecule has 0 aromatic carbocycles. The summed E-state index contributed by atoms with van der Waals surface area (Å²) in [5, 5.41) is 5.68. The third kappa shape index (κ3) is 6.88. The van der Waals surface area contributed by atoms with Crippen molar-refractivity contribution in [1.29, 1.82) is 0 Å². The van der Waals surface area contributed by atoms with Gasteiger partial charge in [0.2, 0.25) is 11.8 Å². The highest BCUT2D eigenvalue weighted by Crippen LogP contribution is 2.06. The Labute approximate surface area is 126 Å². The van der Waals surface area contributed by atoms with Crippen LogP contribution in [-0.4, -0.2) is 22.8 Å². The van der Waals surface area contributed by atoms with E-state index in [0.29, 0.717) is 25.3 Å². The first kappa shape index (κ1) is 17.1. The Morgan fingerprint density at radius 1 is 1.33 bits per heavy atom. The first-order chi connectivity index (χ1) is 10.0. The molecule has 1 aromatic heterocycles. The molecule has 2 amide bonds. The number of aromatic nitrogens is 1. The van der Waals surface area contributed by atoms with E-state index in [0.717, 1.165) is 12.0 Å². The molecule has 0 bridgehead atoms. The molecule has 1 atom stereocenters. The van der Waals surface area contributed by atoms with Gasteiger partial charge in [-0.1, -0.05) is 26.8 Å². The number of nitrogens with one attached hydrogen (secondary N) is 2. The van der Waals surface area contributed by atoms with E-state index in [-0.39, 0.29) is 11.8 Å². The summed E-state index contributed by atoms with van der Waals surface area (Å²) < 4.78 is 0. The number of rotatable bonds is 8. The standard InChI is InChI=1S/C16H25N3O2/c1-4-6-15(20)19-14(9-12(2)3)16(21)18-11-13-7-5-8-17-10-13/h5,7-8,10,12,14H,4,6,9,11H2,1-3H3,(H,18,21)(H,19,20)/t14-/m1/s1. The monoisotopic (exact) mass is 291 g/mol. The molecule has 1 rings (SSSR count). The minimum absolute atomic E-state index is 0.0697. The maximum atomic E-state index is 12.2. The van der Waals surface area contributed by atoms with Crippen molar-refractivity contribution < 1.29 is 9.59 Å². The zero-order valence-corrected chi connectivity index (χ0v) is 13.1. The summed E-state index contributed by atoms with van der Waals surface area (Å²) in [6.07, 6.45) is 5.27. The molecule has 5 heteroatoms. The number of nitrogens with zero attached hydrogens (tertiary/aromatic N) is 1. The van der Waals surface area contributed by atoms with Gasteiger partial charge in [0, 0.05) is 25.4 Å². The van der Waals surface area contributed by atoms with Crippen molar-refractivity contribution in [2.45, 2.75) is 52.6 Å². The molecule has 116 valence electrons. The summed E-state index contributed by atoms with van der Waals surface area (Å²) in [6.45, 7) is 6.44. The summed E-state index contributed by atoms with van der Waals surface area (Å²) in [4.78, 5) is 28.0. The summed E-state index contributed by atoms with van der Waals surface area (Å²) in [5.41, 5.74) is 0.939. The van der Waals surface area contributed by atoms with E-state index in [1.54, 1.807) is 12.4 Å². The molecule has 2 N–H and O–H groups in total. The summed E-state index contributed by atoms with van der Waals surface area (Å²) in [7, 11) is 0. The summed E-state index contributed by atoms with van der Waals surface area (Å²) in [6, 6.07) is 3.26. The number of pyridine rings is 1. The van der Waals surface area contributed by atoms with Gasteiger partial charge >= 0.3 is 0 Å². The third-order valence-corrected chi connectivity index (χ3v) is 3.03. The maximum absolute atomic E-state index is 12.2. The van der Waals surface area contributed by atoms with Crippen LogP contribution < -0.4 is 10.6 Å². The first-order valence-electron chi connectivity index (χ1n) is 7.48. The number of carbonyl (C=O) groups is 2. The molecule has 0 aliphatic rings. The molecule has 0 saturated carbocycles. The van der Waals surface area contributed by atoms with Gasteiger partial charge in [-0.2, -0.15) is 0 Å². The zero-order chi connectivity index (χ0) is 15.7. The quantitative estimate of drug-likeness (QED) is 0.770. The predicted molar refractivity (Wildman–Crippen MR) is 82.4 cm³/mol. The fourth-order valence-electron chi connectivity index (χ4n) is 2.01. The van der Waals surface area contributed by atoms with E-state index in [4.69, 9.17) is 0 Å². The van der Waals surface area contributed by atoms with Gasteiger partial charge in [-0.15, -0.1) is 0 Å². The van der Waals surface area contributed by atoms with E-state index < -0.39 is 6.04 Å². The highest BCUT2D eigenvalue weighted by molar-refractivity contribution is 5.87. The van der Waals surface area contributed by atoms with Crippen LogP contribution in [0, 0.1) is 5.92 Å². The molecule has 0 radical (unpaired) electrons. The predicted octanol–water partition coefficient (Wildman–Crippen LogP) is 2.03. The number of hydrogen-bond acceptors (Lipinski definition) is 3. The van der Waals surface area contributed by atoms with Gasteiger partial charge in [-0.3, -0.25) is 14.6 Å². The molecule has 0 saturated heterocycles. The van der Waals surface area contributed by atoms with Crippen LogP contribution in [0.15, 0.2) is 24.5 Å². The van der Waals surface area contributed by atoms with Crippen molar-refractivity contribution in [3.8, 4) is 0 Å². The molecule has 0 aliphatic carbocycles. The lowest BCUT2D eigenvalue weighted by molar-refractivity contribution is -0.129. The van der Waals surface area contributed by atoms with Crippen molar-refractivity contribution in [3.63, 3.8) is 0 Å². The molecule has 0 aliphatic heterocycles. The Morgan fingerprint density at radius 3 is 2.67 bits per heavy atom. The first-order valence-corrected chi connectivity index (χ1v) is 7.48. The summed E-state index contributed by atoms with van der Waals surface area (Å²) in [5.74, 6) is 0.123. The Morgan fingerprint density at radius 2 is 2.10 bits per heavy atom. The topological polar surface area (TPSA) is 71.1 Å². The van der Waals surface area contributed by atoms with Crippen LogP contribution in [0.3, 0.4) is 0 Å². The Kier molecular flexibility index (Phi) is 7.43. The van der Waals surface area contributed by atoms with Crippen LogP contribution in [0.4, 0.5) is 0 Å². The Bertz CT molecular complexity index is 446. The van der Waals surface area contributed by atoms with Crippen molar-refractivity contribution in [2.75, 3.05) is 0 Å². The highest BCUT2D eigenvalue weighted by atomic mass is 16.2. The molecule has 0 fully saturated rings. The minimum Gasteiger partial charge on any atom is -0.350 e. The van der Waals surface area contributed by atoms with Crippen LogP contribution in [0.5, 0.6) is 0 Å². The van der Waals surface area contributed by atoms with Crippen molar-refractivity contribution >= 4 is 11.8 Å². The highest BCUT2D eigenvalue weighted by Gasteiger charge is 2.21. The van der Waals surface area contributed by atoms with Crippen LogP contribution >= 0.6 is 0 Å². The van der Waals surface area contributed by atoms with Gasteiger partial charge in [0.15, 0.2) is 0 Å². The molecular weight excluding hydrogens is 266 g/mol. The van der Waals surface area contributed by atoms with Gasteiger partial charge in [0.05, 0.1) is 0 Å². The molecule has 5 nitrogen and oxygen atoms in total. The average Bonchev–Trinajstić information content (AvgIpc) is 2.45. The van der Waals surface area contributed by atoms with Gasteiger partial charge in [0.25, 0.3) is 0 Å². The second-order valence-corrected chi connectivity index (χ2v) is 5.58. The second kappa shape index (κ2) is 9.10. The largest absolute Gasteiger partial charge is 0.350 e. The van der Waals surface area contributed by atoms with Crippen molar-refractivity contribution in [2.24, 2.45) is 5.92 Å². The molecule has 0 spiro atoms. The third-order valence-electron chi connectivity index (χ3n) is 3.03. The van der Waals surface area contributed by atoms with E-state index in [9.17, 15) is 9.59 Å². The maximum Gasteiger partial charge on any atom is 0.242 e. The van der Waals surface area contributed by atoms with E-state index >= 15 is 0 Å². The molecule has 21 heavy (non-hydrogen) atoms. The van der Waals surface area contributed by atoms with Crippen molar-refractivity contribution in [1.82, 2.24) is 15.6 Å². The normalized spacial score (nSPS) is 12.0. The lowest BCUT2D eigenvalue weighted by Crippen LogP contribution is -2.47. The van der Waals surface area contributed by atoms with Gasteiger partial charge in [-0.05, 0) is 30.4 Å². The molecule has 0 unspecified atom stereocenters. The molecule has 1 aromatic rings. The van der Waals surface area contributed by atoms with Crippen LogP contribution in [0.25, 0.3) is 0 Å². The number of amides is 2. The smallest absolute Gasteiger partial charge is 0.242 e. The van der Waals surface area contributed by atoms with E-state index in [1.165, 1.54) is 0 Å². The van der Waals surface area contributed by atoms with Crippen LogP contribution in [0.2, 0.25) is 0 Å². The summed E-state index contributed by atoms with van der Waals surface area (Å²) >= 11 is 0. The van der Waals surface area contributed by atoms with Gasteiger partial charge in [-0.25, -0.2) is 0 Å². The lowest BCUT2D eigenvalue weighted by Gasteiger charge is -2.20. The fourth-order valence-corrected chi connectivity index (χ4v) is 2.01. The number of carbonyl (C=O) groups excluding carboxylic acids is 2. The Hall–Kier alpha value is -1.91. The molecule has 1 heterocycles. The van der Waals surface area contributed by atoms with Crippen LogP contribution in [-0.2, 0) is 16.1 Å². The average molecular weight is 291 g/mol. The van der Waals surface area contributed by atoms with Crippen molar-refractivity contribution in [3.05, 3.63) is 30.1 Å². The SMILES string of the molecule is CCCC(=O)N[C@H](CC(C)C)C(=O)NCc1cccnc1. The van der Waals surface area contributed by atoms with E-state index in [1.807, 2.05) is 32.9 Å². The fraction of sp³-hybridized carbons (Fsp3) is 0.562. The van der Waals surface area contributed by atoms with Crippen LogP contribution in [0.1, 0.15) is 45.6 Å². The van der Waals surface area contributed by atoms with Gasteiger partial charge < -0.3 is 10.6 Å².